The molecule has 0 bridgehead atoms. The van der Waals surface area contributed by atoms with E-state index in [4.69, 9.17) is 9.97 Å². The molecule has 0 atom stereocenters. The number of benzene rings is 7. The first-order chi connectivity index (χ1) is 27.9. The molecule has 0 saturated carbocycles. The number of hydrogen-bond donors (Lipinski definition) is 0. The average Bonchev–Trinajstić information content (AvgIpc) is 3.51. The molecule has 268 valence electrons. The van der Waals surface area contributed by atoms with Crippen molar-refractivity contribution in [1.29, 1.82) is 5.26 Å². The summed E-state index contributed by atoms with van der Waals surface area (Å²) in [7, 11) is 0. The summed E-state index contributed by atoms with van der Waals surface area (Å²) in [5, 5.41) is 12.3. The summed E-state index contributed by atoms with van der Waals surface area (Å²) in [6.45, 7) is 4.61. The smallest absolute Gasteiger partial charge is 0.160 e. The molecule has 2 aromatic heterocycles. The van der Waals surface area contributed by atoms with Gasteiger partial charge in [0.1, 0.15) is 0 Å². The highest BCUT2D eigenvalue weighted by molar-refractivity contribution is 6.01. The van der Waals surface area contributed by atoms with E-state index in [2.05, 4.69) is 158 Å². The van der Waals surface area contributed by atoms with Crippen LogP contribution in [0.4, 0.5) is 0 Å². The van der Waals surface area contributed by atoms with Crippen molar-refractivity contribution in [2.45, 2.75) is 19.3 Å². The Morgan fingerprint density at radius 2 is 1.04 bits per heavy atom. The first kappa shape index (κ1) is 34.0. The van der Waals surface area contributed by atoms with Gasteiger partial charge in [-0.2, -0.15) is 5.26 Å². The van der Waals surface area contributed by atoms with Gasteiger partial charge in [0.25, 0.3) is 0 Å². The van der Waals surface area contributed by atoms with Gasteiger partial charge in [0.15, 0.2) is 5.82 Å². The Labute approximate surface area is 332 Å². The number of hydrogen-bond acceptors (Lipinski definition) is 4. The van der Waals surface area contributed by atoms with Crippen LogP contribution in [0.25, 0.3) is 89.2 Å². The van der Waals surface area contributed by atoms with Crippen LogP contribution < -0.4 is 0 Å². The number of nitriles is 1. The van der Waals surface area contributed by atoms with Crippen LogP contribution in [0, 0.1) is 11.3 Å². The zero-order valence-corrected chi connectivity index (χ0v) is 31.6. The molecule has 1 aliphatic carbocycles. The lowest BCUT2D eigenvalue weighted by Crippen LogP contribution is -2.15. The van der Waals surface area contributed by atoms with Crippen LogP contribution in [0.3, 0.4) is 0 Å². The summed E-state index contributed by atoms with van der Waals surface area (Å²) in [6.07, 6.45) is 3.72. The number of aromatic nitrogens is 3. The van der Waals surface area contributed by atoms with Crippen LogP contribution in [0.15, 0.2) is 182 Å². The van der Waals surface area contributed by atoms with Crippen molar-refractivity contribution in [2.24, 2.45) is 0 Å². The summed E-state index contributed by atoms with van der Waals surface area (Å²) in [5.41, 5.74) is 16.5. The first-order valence-electron chi connectivity index (χ1n) is 19.2. The van der Waals surface area contributed by atoms with Crippen LogP contribution in [-0.2, 0) is 5.41 Å². The van der Waals surface area contributed by atoms with Crippen molar-refractivity contribution in [3.05, 3.63) is 199 Å². The van der Waals surface area contributed by atoms with Crippen molar-refractivity contribution >= 4 is 10.8 Å². The van der Waals surface area contributed by atoms with E-state index in [0.29, 0.717) is 11.4 Å². The van der Waals surface area contributed by atoms with Crippen LogP contribution in [0.1, 0.15) is 30.5 Å². The van der Waals surface area contributed by atoms with Crippen molar-refractivity contribution in [3.63, 3.8) is 0 Å². The molecule has 7 aromatic carbocycles. The summed E-state index contributed by atoms with van der Waals surface area (Å²) in [5.74, 6) is 0.671. The Balaban J connectivity index is 1.14. The fraction of sp³-hybridized carbons (Fsp3) is 0.0566. The van der Waals surface area contributed by atoms with Crippen LogP contribution in [-0.4, -0.2) is 15.0 Å². The zero-order chi connectivity index (χ0) is 38.5. The second-order valence-electron chi connectivity index (χ2n) is 15.2. The highest BCUT2D eigenvalue weighted by Gasteiger charge is 2.37. The predicted molar refractivity (Wildman–Crippen MR) is 232 cm³/mol. The zero-order valence-electron chi connectivity index (χ0n) is 31.6. The van der Waals surface area contributed by atoms with Gasteiger partial charge in [-0.1, -0.05) is 141 Å². The predicted octanol–water partition coefficient (Wildman–Crippen LogP) is 13.2. The largest absolute Gasteiger partial charge is 0.264 e. The summed E-state index contributed by atoms with van der Waals surface area (Å²) >= 11 is 0. The number of fused-ring (bicyclic) bond motifs is 5. The molecule has 2 heterocycles. The molecule has 57 heavy (non-hydrogen) atoms. The molecule has 0 spiro atoms. The van der Waals surface area contributed by atoms with Crippen molar-refractivity contribution in [3.8, 4) is 84.5 Å². The van der Waals surface area contributed by atoms with Crippen molar-refractivity contribution in [2.75, 3.05) is 0 Å². The molecule has 0 N–H and O–H groups in total. The summed E-state index contributed by atoms with van der Waals surface area (Å²) < 4.78 is 0. The standard InChI is InChI=1S/C53H36N4/c1-53(2)48-30-38(23-24-45(48)47-29-43(32-54)44-17-9-10-18-46(44)51(47)53)40-26-41(39-16-11-25-55-33-39)28-42(27-40)50-31-49(56-52(57-50)37-14-7-4-8-15-37)36-21-19-35(20-22-36)34-12-5-3-6-13-34/h3-31,33H,1-2H3. The van der Waals surface area contributed by atoms with Crippen LogP contribution >= 0.6 is 0 Å². The molecule has 0 unspecified atom stereocenters. The van der Waals surface area contributed by atoms with Gasteiger partial charge < -0.3 is 0 Å². The van der Waals surface area contributed by atoms with Crippen molar-refractivity contribution in [1.82, 2.24) is 15.0 Å². The Morgan fingerprint density at radius 3 is 1.74 bits per heavy atom. The fourth-order valence-electron chi connectivity index (χ4n) is 8.53. The maximum Gasteiger partial charge on any atom is 0.160 e. The molecule has 0 amide bonds. The Hall–Kier alpha value is -7.48. The van der Waals surface area contributed by atoms with Gasteiger partial charge in [0, 0.05) is 40.1 Å². The molecule has 0 radical (unpaired) electrons. The SMILES string of the molecule is CC1(C)c2cc(-c3cc(-c4cccnc4)cc(-c4cc(-c5ccc(-c6ccccc6)cc5)nc(-c5ccccc5)n4)c3)ccc2-c2cc(C#N)c3ccccc3c21. The quantitative estimate of drug-likeness (QED) is 0.171. The highest BCUT2D eigenvalue weighted by atomic mass is 14.9. The van der Waals surface area contributed by atoms with Crippen molar-refractivity contribution < 1.29 is 0 Å². The monoisotopic (exact) mass is 728 g/mol. The second-order valence-corrected chi connectivity index (χ2v) is 15.2. The molecular formula is C53H36N4. The highest BCUT2D eigenvalue weighted by Crippen LogP contribution is 2.53. The molecule has 0 aliphatic heterocycles. The van der Waals surface area contributed by atoms with E-state index in [0.717, 1.165) is 72.2 Å². The lowest BCUT2D eigenvalue weighted by atomic mass is 9.79. The molecule has 1 aliphatic rings. The van der Waals surface area contributed by atoms with E-state index in [9.17, 15) is 5.26 Å². The van der Waals surface area contributed by atoms with Gasteiger partial charge in [0.2, 0.25) is 0 Å². The minimum absolute atomic E-state index is 0.278. The van der Waals surface area contributed by atoms with E-state index < -0.39 is 0 Å². The molecule has 9 aromatic rings. The number of pyridine rings is 1. The maximum absolute atomic E-state index is 10.1. The third-order valence-electron chi connectivity index (χ3n) is 11.4. The third kappa shape index (κ3) is 5.98. The van der Waals surface area contributed by atoms with Gasteiger partial charge in [-0.3, -0.25) is 4.98 Å². The normalized spacial score (nSPS) is 12.5. The lowest BCUT2D eigenvalue weighted by molar-refractivity contribution is 0.666. The van der Waals surface area contributed by atoms with E-state index >= 15 is 0 Å². The second kappa shape index (κ2) is 13.7. The van der Waals surface area contributed by atoms with Gasteiger partial charge in [-0.25, -0.2) is 9.97 Å². The lowest BCUT2D eigenvalue weighted by Gasteiger charge is -2.24. The maximum atomic E-state index is 10.1. The average molecular weight is 729 g/mol. The minimum atomic E-state index is -0.278. The fourth-order valence-corrected chi connectivity index (χ4v) is 8.53. The minimum Gasteiger partial charge on any atom is -0.264 e. The van der Waals surface area contributed by atoms with Gasteiger partial charge in [-0.05, 0) is 103 Å². The molecule has 0 saturated heterocycles. The molecule has 10 rings (SSSR count). The molecule has 0 fully saturated rings. The Kier molecular flexibility index (Phi) is 8.17. The van der Waals surface area contributed by atoms with E-state index in [-0.39, 0.29) is 5.41 Å². The molecular weight excluding hydrogens is 693 g/mol. The summed E-state index contributed by atoms with van der Waals surface area (Å²) in [6, 6.07) is 61.8. The number of nitrogens with zero attached hydrogens (tertiary/aromatic N) is 4. The first-order valence-corrected chi connectivity index (χ1v) is 19.2. The van der Waals surface area contributed by atoms with Crippen LogP contribution in [0.5, 0.6) is 0 Å². The van der Waals surface area contributed by atoms with Gasteiger partial charge >= 0.3 is 0 Å². The molecule has 4 nitrogen and oxygen atoms in total. The Bertz CT molecular complexity index is 3020. The summed E-state index contributed by atoms with van der Waals surface area (Å²) in [4.78, 5) is 14.8. The van der Waals surface area contributed by atoms with E-state index in [1.807, 2.05) is 48.8 Å². The topological polar surface area (TPSA) is 62.5 Å². The Morgan fingerprint density at radius 1 is 0.456 bits per heavy atom. The molecule has 4 heteroatoms. The number of rotatable bonds is 6. The van der Waals surface area contributed by atoms with Crippen LogP contribution in [0.2, 0.25) is 0 Å². The third-order valence-corrected chi connectivity index (χ3v) is 11.4. The van der Waals surface area contributed by atoms with E-state index in [1.165, 1.54) is 22.3 Å². The van der Waals surface area contributed by atoms with Gasteiger partial charge in [-0.15, -0.1) is 0 Å². The van der Waals surface area contributed by atoms with E-state index in [1.54, 1.807) is 0 Å². The van der Waals surface area contributed by atoms with Gasteiger partial charge in [0.05, 0.1) is 23.0 Å².